The third kappa shape index (κ3) is 4.64. The number of hydroxylamine groups is 1. The minimum atomic E-state index is -5.21. The fourth-order valence-electron chi connectivity index (χ4n) is 4.19. The number of piperazine rings is 1. The zero-order valence-corrected chi connectivity index (χ0v) is 19.7. The molecule has 0 aromatic carbocycles. The molecule has 34 heavy (non-hydrogen) atoms. The molecule has 0 radical (unpaired) electrons. The van der Waals surface area contributed by atoms with Crippen LogP contribution in [-0.2, 0) is 16.7 Å². The second-order valence-electron chi connectivity index (χ2n) is 7.94. The lowest BCUT2D eigenvalue weighted by atomic mass is 10.3. The molecule has 14 heteroatoms. The Kier molecular flexibility index (Phi) is 7.15. The van der Waals surface area contributed by atoms with Gasteiger partial charge < -0.3 is 20.0 Å². The van der Waals surface area contributed by atoms with Gasteiger partial charge in [0.1, 0.15) is 0 Å². The summed E-state index contributed by atoms with van der Waals surface area (Å²) in [7, 11) is 1.58. The molecule has 1 atom stereocenters. The molecule has 0 saturated carbocycles. The smallest absolute Gasteiger partial charge is 0.340 e. The molecule has 1 aromatic rings. The van der Waals surface area contributed by atoms with Crippen molar-refractivity contribution < 1.29 is 22.8 Å². The number of fused-ring (bicyclic) bond motifs is 1. The van der Waals surface area contributed by atoms with E-state index in [1.807, 2.05) is 9.80 Å². The van der Waals surface area contributed by atoms with Crippen LogP contribution in [0.15, 0.2) is 4.79 Å². The maximum Gasteiger partial charge on any atom is 0.493 e. The lowest BCUT2D eigenvalue weighted by Crippen LogP contribution is -2.61. The summed E-state index contributed by atoms with van der Waals surface area (Å²) in [6.45, 7) is 5.06. The van der Waals surface area contributed by atoms with Gasteiger partial charge in [-0.2, -0.15) is 29.9 Å². The Hall–Kier alpha value is -2.63. The Morgan fingerprint density at radius 2 is 1.91 bits per heavy atom. The van der Waals surface area contributed by atoms with Crippen LogP contribution in [0.5, 0.6) is 0 Å². The van der Waals surface area contributed by atoms with Crippen molar-refractivity contribution in [2.45, 2.75) is 19.4 Å². The van der Waals surface area contributed by atoms with Gasteiger partial charge >= 0.3 is 12.1 Å². The first kappa shape index (κ1) is 24.5. The number of nitrogens with one attached hydrogen (secondary N) is 1. The van der Waals surface area contributed by atoms with Crippen molar-refractivity contribution in [1.29, 1.82) is 0 Å². The highest BCUT2D eigenvalue weighted by molar-refractivity contribution is 7.99. The van der Waals surface area contributed by atoms with E-state index in [0.717, 1.165) is 16.6 Å². The van der Waals surface area contributed by atoms with E-state index < -0.39 is 24.0 Å². The van der Waals surface area contributed by atoms with Gasteiger partial charge in [0, 0.05) is 57.8 Å². The summed E-state index contributed by atoms with van der Waals surface area (Å²) < 4.78 is 41.0. The number of hydrogen-bond donors (Lipinski definition) is 1. The van der Waals surface area contributed by atoms with E-state index in [4.69, 9.17) is 4.84 Å². The summed E-state index contributed by atoms with van der Waals surface area (Å²) >= 11 is 1.77. The van der Waals surface area contributed by atoms with Crippen molar-refractivity contribution >= 4 is 35.2 Å². The van der Waals surface area contributed by atoms with Crippen molar-refractivity contribution in [2.75, 3.05) is 72.2 Å². The fourth-order valence-corrected chi connectivity index (χ4v) is 5.09. The Morgan fingerprint density at radius 1 is 1.24 bits per heavy atom. The lowest BCUT2D eigenvalue weighted by molar-refractivity contribution is -0.203. The van der Waals surface area contributed by atoms with Crippen LogP contribution in [0, 0.1) is 11.8 Å². The van der Waals surface area contributed by atoms with Crippen LogP contribution in [0.2, 0.25) is 0 Å². The molecule has 10 nitrogen and oxygen atoms in total. The first-order valence-electron chi connectivity index (χ1n) is 10.9. The molecular formula is C20H26F3N7O3S. The number of carbonyl (C=O) groups is 1. The molecule has 0 amide bonds. The highest BCUT2D eigenvalue weighted by atomic mass is 32.2. The number of carbonyl (C=O) groups excluding carboxylic acids is 1. The lowest BCUT2D eigenvalue weighted by Gasteiger charge is -2.40. The molecule has 1 aromatic heterocycles. The molecule has 0 aliphatic carbocycles. The third-order valence-corrected chi connectivity index (χ3v) is 6.76. The predicted octanol–water partition coefficient (Wildman–Crippen LogP) is 0.193. The summed E-state index contributed by atoms with van der Waals surface area (Å²) in [6.07, 6.45) is -6.20. The second kappa shape index (κ2) is 9.93. The molecule has 4 rings (SSSR count). The van der Waals surface area contributed by atoms with Gasteiger partial charge in [-0.3, -0.25) is 14.3 Å². The summed E-state index contributed by atoms with van der Waals surface area (Å²) in [5, 5.41) is 4.02. The number of hydrogen-bond acceptors (Lipinski definition) is 10. The number of nitrogens with zero attached hydrogens (tertiary/aromatic N) is 6. The van der Waals surface area contributed by atoms with E-state index in [1.165, 1.54) is 4.57 Å². The summed E-state index contributed by atoms with van der Waals surface area (Å²) in [4.78, 5) is 40.3. The Labute approximate surface area is 199 Å². The van der Waals surface area contributed by atoms with Gasteiger partial charge in [0.05, 0.1) is 6.54 Å². The van der Waals surface area contributed by atoms with E-state index in [1.54, 1.807) is 30.6 Å². The number of thioether (sulfide) groups is 1. The average Bonchev–Trinajstić information content (AvgIpc) is 3.13. The number of halogens is 3. The topological polar surface area (TPSA) is 86.2 Å². The normalized spacial score (nSPS) is 21.2. The molecule has 0 spiro atoms. The van der Waals surface area contributed by atoms with Crippen LogP contribution in [0.25, 0.3) is 0 Å². The van der Waals surface area contributed by atoms with Gasteiger partial charge in [-0.25, -0.2) is 4.79 Å². The standard InChI is InChI=1S/C20H26F3N7O3S/c1-3-4-7-29-14-15(25-18(26(2)16(14)31)27-10-12-34-13-11-27)30(33-17(32)20(21,22)23)19(29)28-8-5-24-6-9-28/h19,24H,5-13H2,1-2H3. The number of aromatic nitrogens is 2. The summed E-state index contributed by atoms with van der Waals surface area (Å²) in [6, 6.07) is 0. The van der Waals surface area contributed by atoms with Crippen molar-refractivity contribution in [2.24, 2.45) is 7.05 Å². The number of anilines is 3. The quantitative estimate of drug-likeness (QED) is 0.578. The average molecular weight is 502 g/mol. The van der Waals surface area contributed by atoms with Gasteiger partial charge in [0.15, 0.2) is 12.0 Å². The molecule has 3 aliphatic heterocycles. The first-order valence-corrected chi connectivity index (χ1v) is 12.0. The van der Waals surface area contributed by atoms with Crippen LogP contribution >= 0.6 is 11.8 Å². The van der Waals surface area contributed by atoms with Crippen molar-refractivity contribution in [3.8, 4) is 11.8 Å². The van der Waals surface area contributed by atoms with Crippen LogP contribution in [0.3, 0.4) is 0 Å². The highest BCUT2D eigenvalue weighted by Crippen LogP contribution is 2.39. The Bertz CT molecular complexity index is 1040. The van der Waals surface area contributed by atoms with E-state index in [2.05, 4.69) is 22.1 Å². The zero-order chi connectivity index (χ0) is 24.5. The molecule has 1 unspecified atom stereocenters. The van der Waals surface area contributed by atoms with Crippen LogP contribution in [-0.4, -0.2) is 90.2 Å². The first-order chi connectivity index (χ1) is 16.2. The van der Waals surface area contributed by atoms with Gasteiger partial charge in [-0.15, -0.1) is 11.0 Å². The molecular weight excluding hydrogens is 475 g/mol. The van der Waals surface area contributed by atoms with E-state index in [9.17, 15) is 22.8 Å². The second-order valence-corrected chi connectivity index (χ2v) is 9.16. The maximum absolute atomic E-state index is 13.5. The summed E-state index contributed by atoms with van der Waals surface area (Å²) in [5.41, 5.74) is -0.388. The molecule has 186 valence electrons. The molecule has 0 bridgehead atoms. The van der Waals surface area contributed by atoms with Crippen LogP contribution < -0.4 is 25.7 Å². The SMILES string of the molecule is CC#CCN1c2c(nc(N3CCSCC3)n(C)c2=O)N(OC(=O)C(F)(F)F)C1N1CCNCC1. The highest BCUT2D eigenvalue weighted by Gasteiger charge is 2.50. The Morgan fingerprint density at radius 3 is 2.53 bits per heavy atom. The molecule has 2 saturated heterocycles. The van der Waals surface area contributed by atoms with E-state index in [0.29, 0.717) is 45.2 Å². The Balaban J connectivity index is 1.85. The minimum absolute atomic E-state index is 0.0504. The number of rotatable bonds is 4. The van der Waals surface area contributed by atoms with Crippen molar-refractivity contribution in [3.63, 3.8) is 0 Å². The van der Waals surface area contributed by atoms with Gasteiger partial charge in [0.25, 0.3) is 5.56 Å². The summed E-state index contributed by atoms with van der Waals surface area (Å²) in [5.74, 6) is 5.14. The molecule has 4 heterocycles. The van der Waals surface area contributed by atoms with Crippen molar-refractivity contribution in [1.82, 2.24) is 19.8 Å². The molecule has 1 N–H and O–H groups in total. The minimum Gasteiger partial charge on any atom is -0.340 e. The van der Waals surface area contributed by atoms with E-state index in [-0.39, 0.29) is 18.1 Å². The predicted molar refractivity (Wildman–Crippen MR) is 123 cm³/mol. The maximum atomic E-state index is 13.5. The molecule has 2 fully saturated rings. The van der Waals surface area contributed by atoms with Crippen molar-refractivity contribution in [3.05, 3.63) is 10.4 Å². The zero-order valence-electron chi connectivity index (χ0n) is 18.9. The van der Waals surface area contributed by atoms with E-state index >= 15 is 0 Å². The monoisotopic (exact) mass is 501 g/mol. The van der Waals surface area contributed by atoms with Gasteiger partial charge in [-0.1, -0.05) is 5.92 Å². The number of alkyl halides is 3. The van der Waals surface area contributed by atoms with Gasteiger partial charge in [-0.05, 0) is 6.92 Å². The van der Waals surface area contributed by atoms with Gasteiger partial charge in [0.2, 0.25) is 11.8 Å². The van der Waals surface area contributed by atoms with Crippen LogP contribution in [0.4, 0.5) is 30.6 Å². The fraction of sp³-hybridized carbons (Fsp3) is 0.650. The third-order valence-electron chi connectivity index (χ3n) is 5.82. The largest absolute Gasteiger partial charge is 0.493 e. The molecule has 3 aliphatic rings. The van der Waals surface area contributed by atoms with Crippen LogP contribution in [0.1, 0.15) is 6.92 Å².